The van der Waals surface area contributed by atoms with Crippen molar-refractivity contribution in [3.05, 3.63) is 16.9 Å². The van der Waals surface area contributed by atoms with Crippen LogP contribution in [-0.2, 0) is 4.74 Å². The van der Waals surface area contributed by atoms with E-state index in [1.807, 2.05) is 0 Å². The summed E-state index contributed by atoms with van der Waals surface area (Å²) in [5, 5.41) is 3.71. The number of halogens is 1. The van der Waals surface area contributed by atoms with Crippen LogP contribution in [0.3, 0.4) is 0 Å². The minimum atomic E-state index is -0.773. The number of hydrogen-bond donors (Lipinski definition) is 0. The summed E-state index contributed by atoms with van der Waals surface area (Å²) in [6.07, 6.45) is 2.03. The largest absolute Gasteiger partial charge is 0.535 e. The van der Waals surface area contributed by atoms with Crippen LogP contribution in [0.25, 0.3) is 0 Å². The molecule has 0 N–H and O–H groups in total. The monoisotopic (exact) mass is 248 g/mol. The van der Waals surface area contributed by atoms with Crippen molar-refractivity contribution < 1.29 is 14.4 Å². The molecule has 0 aliphatic rings. The minimum Gasteiger partial charge on any atom is -0.430 e. The second-order valence-electron chi connectivity index (χ2n) is 2.57. The molecule has 1 heterocycles. The van der Waals surface area contributed by atoms with Gasteiger partial charge in [-0.3, -0.25) is 4.84 Å². The zero-order chi connectivity index (χ0) is 9.84. The van der Waals surface area contributed by atoms with Gasteiger partial charge in [0.2, 0.25) is 0 Å². The van der Waals surface area contributed by atoms with E-state index in [2.05, 4.69) is 25.9 Å². The molecule has 1 rings (SSSR count). The molecular formula is C7H9BrN2O3. The molecule has 0 saturated carbocycles. The van der Waals surface area contributed by atoms with Crippen LogP contribution in [0.5, 0.6) is 0 Å². The maximum Gasteiger partial charge on any atom is 0.535 e. The second kappa shape index (κ2) is 4.27. The number of nitrogens with zero attached hydrogens (tertiary/aromatic N) is 2. The molecular weight excluding hydrogens is 240 g/mol. The molecule has 0 amide bonds. The predicted molar refractivity (Wildman–Crippen MR) is 48.1 cm³/mol. The molecule has 0 spiro atoms. The number of ether oxygens (including phenoxy) is 1. The first-order chi connectivity index (χ1) is 6.08. The smallest absolute Gasteiger partial charge is 0.430 e. The second-order valence-corrected chi connectivity index (χ2v) is 3.48. The van der Waals surface area contributed by atoms with Crippen LogP contribution < -0.4 is 4.84 Å². The topological polar surface area (TPSA) is 53.4 Å². The SMILES string of the molecule is CC(C)OC(=O)On1cc(Br)cn1. The first-order valence-corrected chi connectivity index (χ1v) is 4.46. The van der Waals surface area contributed by atoms with E-state index in [4.69, 9.17) is 4.74 Å². The van der Waals surface area contributed by atoms with Crippen molar-refractivity contribution in [3.8, 4) is 0 Å². The predicted octanol–water partition coefficient (Wildman–Crippen LogP) is 1.62. The third-order valence-corrected chi connectivity index (χ3v) is 1.44. The lowest BCUT2D eigenvalue weighted by atomic mass is 10.5. The van der Waals surface area contributed by atoms with Gasteiger partial charge in [-0.25, -0.2) is 4.79 Å². The Bertz CT molecular complexity index is 298. The maximum absolute atomic E-state index is 10.9. The van der Waals surface area contributed by atoms with Crippen molar-refractivity contribution in [1.82, 2.24) is 9.94 Å². The van der Waals surface area contributed by atoms with E-state index in [1.54, 1.807) is 13.8 Å². The molecule has 6 heteroatoms. The molecule has 0 radical (unpaired) electrons. The zero-order valence-electron chi connectivity index (χ0n) is 7.23. The van der Waals surface area contributed by atoms with Gasteiger partial charge in [-0.15, -0.1) is 5.10 Å². The first kappa shape index (κ1) is 10.0. The van der Waals surface area contributed by atoms with E-state index >= 15 is 0 Å². The third-order valence-electron chi connectivity index (χ3n) is 1.03. The van der Waals surface area contributed by atoms with E-state index in [0.29, 0.717) is 0 Å². The summed E-state index contributed by atoms with van der Waals surface area (Å²) in [6.45, 7) is 3.47. The van der Waals surface area contributed by atoms with Crippen molar-refractivity contribution in [3.63, 3.8) is 0 Å². The standard InChI is InChI=1S/C7H9BrN2O3/c1-5(2)12-7(11)13-10-4-6(8)3-9-10/h3-5H,1-2H3. The van der Waals surface area contributed by atoms with Gasteiger partial charge in [-0.2, -0.15) is 0 Å². The van der Waals surface area contributed by atoms with Crippen molar-refractivity contribution in [2.24, 2.45) is 0 Å². The van der Waals surface area contributed by atoms with Gasteiger partial charge >= 0.3 is 6.16 Å². The molecule has 0 aromatic carbocycles. The molecule has 0 aliphatic heterocycles. The van der Waals surface area contributed by atoms with Gasteiger partial charge in [0.05, 0.1) is 23.0 Å². The van der Waals surface area contributed by atoms with Gasteiger partial charge in [0.25, 0.3) is 0 Å². The van der Waals surface area contributed by atoms with E-state index < -0.39 is 6.16 Å². The number of hydrogen-bond acceptors (Lipinski definition) is 4. The Morgan fingerprint density at radius 1 is 1.69 bits per heavy atom. The van der Waals surface area contributed by atoms with Crippen LogP contribution >= 0.6 is 15.9 Å². The lowest BCUT2D eigenvalue weighted by Gasteiger charge is -2.06. The van der Waals surface area contributed by atoms with Crippen LogP contribution in [0.2, 0.25) is 0 Å². The molecule has 0 bridgehead atoms. The highest BCUT2D eigenvalue weighted by molar-refractivity contribution is 9.10. The molecule has 72 valence electrons. The molecule has 1 aromatic heterocycles. The Labute approximate surface area is 83.7 Å². The summed E-state index contributed by atoms with van der Waals surface area (Å²) >= 11 is 3.16. The van der Waals surface area contributed by atoms with Crippen molar-refractivity contribution in [2.45, 2.75) is 20.0 Å². The normalized spacial score (nSPS) is 10.2. The van der Waals surface area contributed by atoms with Gasteiger partial charge in [0.1, 0.15) is 0 Å². The highest BCUT2D eigenvalue weighted by Crippen LogP contribution is 2.05. The Morgan fingerprint density at radius 2 is 2.38 bits per heavy atom. The Balaban J connectivity index is 2.45. The third kappa shape index (κ3) is 3.45. The molecule has 0 unspecified atom stereocenters. The van der Waals surface area contributed by atoms with Gasteiger partial charge in [-0.1, -0.05) is 4.85 Å². The molecule has 0 fully saturated rings. The van der Waals surface area contributed by atoms with Gasteiger partial charge in [-0.05, 0) is 29.8 Å². The molecule has 0 saturated heterocycles. The lowest BCUT2D eigenvalue weighted by Crippen LogP contribution is -2.23. The number of rotatable bonds is 2. The fraction of sp³-hybridized carbons (Fsp3) is 0.429. The fourth-order valence-electron chi connectivity index (χ4n) is 0.624. The quantitative estimate of drug-likeness (QED) is 0.747. The van der Waals surface area contributed by atoms with E-state index in [9.17, 15) is 4.79 Å². The summed E-state index contributed by atoms with van der Waals surface area (Å²) in [5.41, 5.74) is 0. The summed E-state index contributed by atoms with van der Waals surface area (Å²) in [4.78, 5) is 16.6. The number of carbonyl (C=O) groups is 1. The molecule has 13 heavy (non-hydrogen) atoms. The van der Waals surface area contributed by atoms with Crippen molar-refractivity contribution >= 4 is 22.1 Å². The fourth-order valence-corrected chi connectivity index (χ4v) is 0.891. The van der Waals surface area contributed by atoms with Crippen LogP contribution in [0.1, 0.15) is 13.8 Å². The molecule has 5 nitrogen and oxygen atoms in total. The summed E-state index contributed by atoms with van der Waals surface area (Å²) in [5.74, 6) is 0. The summed E-state index contributed by atoms with van der Waals surface area (Å²) in [6, 6.07) is 0. The van der Waals surface area contributed by atoms with Crippen LogP contribution in [-0.4, -0.2) is 22.2 Å². The minimum absolute atomic E-state index is 0.202. The Hall–Kier alpha value is -1.04. The van der Waals surface area contributed by atoms with E-state index in [-0.39, 0.29) is 6.10 Å². The zero-order valence-corrected chi connectivity index (χ0v) is 8.82. The lowest BCUT2D eigenvalue weighted by molar-refractivity contribution is 0.0195. The Kier molecular flexibility index (Phi) is 3.30. The van der Waals surface area contributed by atoms with Crippen LogP contribution in [0.4, 0.5) is 4.79 Å². The summed E-state index contributed by atoms with van der Waals surface area (Å²) < 4.78 is 5.45. The van der Waals surface area contributed by atoms with Crippen molar-refractivity contribution in [1.29, 1.82) is 0 Å². The van der Waals surface area contributed by atoms with Gasteiger partial charge in [0, 0.05) is 0 Å². The van der Waals surface area contributed by atoms with Crippen LogP contribution in [0.15, 0.2) is 16.9 Å². The average Bonchev–Trinajstić information content (AvgIpc) is 2.33. The van der Waals surface area contributed by atoms with E-state index in [1.165, 1.54) is 12.4 Å². The number of aromatic nitrogens is 2. The number of carbonyl (C=O) groups excluding carboxylic acids is 1. The maximum atomic E-state index is 10.9. The van der Waals surface area contributed by atoms with Gasteiger partial charge in [0.15, 0.2) is 0 Å². The molecule has 1 aromatic rings. The average molecular weight is 249 g/mol. The van der Waals surface area contributed by atoms with E-state index in [0.717, 1.165) is 9.32 Å². The molecule has 0 aliphatic carbocycles. The first-order valence-electron chi connectivity index (χ1n) is 3.67. The molecule has 0 atom stereocenters. The van der Waals surface area contributed by atoms with Crippen molar-refractivity contribution in [2.75, 3.05) is 0 Å². The highest BCUT2D eigenvalue weighted by atomic mass is 79.9. The Morgan fingerprint density at radius 3 is 2.85 bits per heavy atom. The summed E-state index contributed by atoms with van der Waals surface area (Å²) in [7, 11) is 0. The highest BCUT2D eigenvalue weighted by Gasteiger charge is 2.08. The van der Waals surface area contributed by atoms with Crippen LogP contribution in [0, 0.1) is 0 Å². The van der Waals surface area contributed by atoms with Gasteiger partial charge < -0.3 is 4.74 Å².